The predicted octanol–water partition coefficient (Wildman–Crippen LogP) is 3.28. The summed E-state index contributed by atoms with van der Waals surface area (Å²) in [6, 6.07) is 7.90. The molecule has 2 aromatic rings. The highest BCUT2D eigenvalue weighted by Gasteiger charge is 2.06. The lowest BCUT2D eigenvalue weighted by atomic mass is 10.2. The molecule has 0 aliphatic carbocycles. The van der Waals surface area contributed by atoms with Crippen molar-refractivity contribution in [2.75, 3.05) is 5.73 Å². The molecule has 1 heterocycles. The second-order valence-corrected chi connectivity index (χ2v) is 5.23. The molecule has 1 aromatic heterocycles. The minimum absolute atomic E-state index is 0.800. The third-order valence-corrected chi connectivity index (χ3v) is 3.92. The highest BCUT2D eigenvalue weighted by Crippen LogP contribution is 2.24. The van der Waals surface area contributed by atoms with E-state index in [9.17, 15) is 0 Å². The van der Waals surface area contributed by atoms with Gasteiger partial charge in [-0.25, -0.2) is 9.97 Å². The molecule has 94 valence electrons. The normalized spacial score (nSPS) is 10.6. The van der Waals surface area contributed by atoms with Crippen LogP contribution in [-0.2, 0) is 5.75 Å². The Bertz CT molecular complexity index is 544. The van der Waals surface area contributed by atoms with Crippen molar-refractivity contribution < 1.29 is 0 Å². The standard InChI is InChI=1S/C14H17N3S/c1-9-10(2)16-14(17-11(9)3)18-8-12-6-4-5-7-13(12)15/h4-7H,8,15H2,1-3H3. The van der Waals surface area contributed by atoms with Gasteiger partial charge in [0.2, 0.25) is 0 Å². The smallest absolute Gasteiger partial charge is 0.188 e. The lowest BCUT2D eigenvalue weighted by Crippen LogP contribution is -1.99. The highest BCUT2D eigenvalue weighted by molar-refractivity contribution is 7.98. The van der Waals surface area contributed by atoms with Crippen LogP contribution < -0.4 is 5.73 Å². The summed E-state index contributed by atoms with van der Waals surface area (Å²) < 4.78 is 0. The van der Waals surface area contributed by atoms with Crippen molar-refractivity contribution >= 4 is 17.4 Å². The maximum absolute atomic E-state index is 5.91. The van der Waals surface area contributed by atoms with Gasteiger partial charge in [-0.2, -0.15) is 0 Å². The lowest BCUT2D eigenvalue weighted by molar-refractivity contribution is 0.880. The number of aryl methyl sites for hydroxylation is 2. The number of anilines is 1. The number of nitrogens with zero attached hydrogens (tertiary/aromatic N) is 2. The SMILES string of the molecule is Cc1nc(SCc2ccccc2N)nc(C)c1C. The van der Waals surface area contributed by atoms with Gasteiger partial charge in [-0.15, -0.1) is 0 Å². The first kappa shape index (κ1) is 12.9. The van der Waals surface area contributed by atoms with E-state index in [0.717, 1.165) is 33.5 Å². The van der Waals surface area contributed by atoms with Crippen molar-refractivity contribution in [2.24, 2.45) is 0 Å². The van der Waals surface area contributed by atoms with Gasteiger partial charge in [-0.3, -0.25) is 0 Å². The molecule has 0 aliphatic rings. The van der Waals surface area contributed by atoms with Crippen molar-refractivity contribution in [3.8, 4) is 0 Å². The molecule has 2 rings (SSSR count). The number of nitrogen functional groups attached to an aromatic ring is 1. The molecular formula is C14H17N3S. The quantitative estimate of drug-likeness (QED) is 0.522. The van der Waals surface area contributed by atoms with E-state index in [1.165, 1.54) is 5.56 Å². The fourth-order valence-electron chi connectivity index (χ4n) is 1.61. The summed E-state index contributed by atoms with van der Waals surface area (Å²) in [4.78, 5) is 8.98. The molecule has 0 spiro atoms. The molecule has 0 bridgehead atoms. The summed E-state index contributed by atoms with van der Waals surface area (Å²) in [5.74, 6) is 0.800. The Hall–Kier alpha value is -1.55. The van der Waals surface area contributed by atoms with Crippen molar-refractivity contribution in [3.05, 3.63) is 46.8 Å². The maximum Gasteiger partial charge on any atom is 0.188 e. The summed E-state index contributed by atoms with van der Waals surface area (Å²) in [6.07, 6.45) is 0. The molecule has 0 fully saturated rings. The van der Waals surface area contributed by atoms with Gasteiger partial charge in [0.25, 0.3) is 0 Å². The Labute approximate surface area is 112 Å². The Balaban J connectivity index is 2.14. The number of benzene rings is 1. The number of nitrogens with two attached hydrogens (primary N) is 1. The van der Waals surface area contributed by atoms with E-state index in [0.29, 0.717) is 0 Å². The minimum atomic E-state index is 0.800. The van der Waals surface area contributed by atoms with Gasteiger partial charge in [0.1, 0.15) is 0 Å². The van der Waals surface area contributed by atoms with Crippen LogP contribution in [0, 0.1) is 20.8 Å². The van der Waals surface area contributed by atoms with Crippen LogP contribution in [0.3, 0.4) is 0 Å². The zero-order valence-electron chi connectivity index (χ0n) is 10.9. The molecule has 0 saturated carbocycles. The average molecular weight is 259 g/mol. The van der Waals surface area contributed by atoms with Crippen LogP contribution in [0.1, 0.15) is 22.5 Å². The zero-order valence-corrected chi connectivity index (χ0v) is 11.7. The molecule has 0 unspecified atom stereocenters. The van der Waals surface area contributed by atoms with Crippen LogP contribution in [0.5, 0.6) is 0 Å². The van der Waals surface area contributed by atoms with E-state index in [2.05, 4.69) is 9.97 Å². The second-order valence-electron chi connectivity index (χ2n) is 4.29. The van der Waals surface area contributed by atoms with E-state index in [1.54, 1.807) is 11.8 Å². The molecule has 0 radical (unpaired) electrons. The Morgan fingerprint density at radius 1 is 1.06 bits per heavy atom. The van der Waals surface area contributed by atoms with Crippen molar-refractivity contribution in [1.82, 2.24) is 9.97 Å². The summed E-state index contributed by atoms with van der Waals surface area (Å²) in [5, 5.41) is 0.818. The van der Waals surface area contributed by atoms with Crippen LogP contribution in [0.15, 0.2) is 29.4 Å². The summed E-state index contributed by atoms with van der Waals surface area (Å²) in [6.45, 7) is 6.09. The van der Waals surface area contributed by atoms with Crippen molar-refractivity contribution in [2.45, 2.75) is 31.7 Å². The summed E-state index contributed by atoms with van der Waals surface area (Å²) >= 11 is 1.62. The number of rotatable bonds is 3. The zero-order chi connectivity index (χ0) is 13.1. The lowest BCUT2D eigenvalue weighted by Gasteiger charge is -2.07. The largest absolute Gasteiger partial charge is 0.398 e. The van der Waals surface area contributed by atoms with E-state index in [-0.39, 0.29) is 0 Å². The fourth-order valence-corrected chi connectivity index (χ4v) is 2.56. The van der Waals surface area contributed by atoms with Crippen LogP contribution in [0.4, 0.5) is 5.69 Å². The molecule has 3 nitrogen and oxygen atoms in total. The number of hydrogen-bond donors (Lipinski definition) is 1. The highest BCUT2D eigenvalue weighted by atomic mass is 32.2. The average Bonchev–Trinajstić information content (AvgIpc) is 2.35. The number of aromatic nitrogens is 2. The molecular weight excluding hydrogens is 242 g/mol. The molecule has 0 saturated heterocycles. The monoisotopic (exact) mass is 259 g/mol. The van der Waals surface area contributed by atoms with Gasteiger partial charge in [-0.05, 0) is 38.0 Å². The molecule has 1 aromatic carbocycles. The van der Waals surface area contributed by atoms with Crippen LogP contribution in [0.2, 0.25) is 0 Å². The first-order valence-electron chi connectivity index (χ1n) is 5.86. The fraction of sp³-hybridized carbons (Fsp3) is 0.286. The van der Waals surface area contributed by atoms with Gasteiger partial charge in [0, 0.05) is 22.8 Å². The molecule has 18 heavy (non-hydrogen) atoms. The van der Waals surface area contributed by atoms with Gasteiger partial charge in [0.05, 0.1) is 0 Å². The molecule has 2 N–H and O–H groups in total. The first-order chi connectivity index (χ1) is 8.58. The van der Waals surface area contributed by atoms with E-state index in [1.807, 2.05) is 45.0 Å². The summed E-state index contributed by atoms with van der Waals surface area (Å²) in [5.41, 5.74) is 11.1. The first-order valence-corrected chi connectivity index (χ1v) is 6.84. The van der Waals surface area contributed by atoms with Crippen molar-refractivity contribution in [3.63, 3.8) is 0 Å². The number of hydrogen-bond acceptors (Lipinski definition) is 4. The predicted molar refractivity (Wildman–Crippen MR) is 76.7 cm³/mol. The van der Waals surface area contributed by atoms with Crippen LogP contribution in [-0.4, -0.2) is 9.97 Å². The third-order valence-electron chi connectivity index (χ3n) is 3.02. The topological polar surface area (TPSA) is 51.8 Å². The van der Waals surface area contributed by atoms with E-state index >= 15 is 0 Å². The molecule has 4 heteroatoms. The van der Waals surface area contributed by atoms with Gasteiger partial charge < -0.3 is 5.73 Å². The maximum atomic E-state index is 5.91. The van der Waals surface area contributed by atoms with Crippen LogP contribution in [0.25, 0.3) is 0 Å². The van der Waals surface area contributed by atoms with E-state index in [4.69, 9.17) is 5.73 Å². The second kappa shape index (κ2) is 5.40. The molecule has 0 aliphatic heterocycles. The van der Waals surface area contributed by atoms with Gasteiger partial charge in [0.15, 0.2) is 5.16 Å². The third kappa shape index (κ3) is 2.82. The minimum Gasteiger partial charge on any atom is -0.398 e. The van der Waals surface area contributed by atoms with Gasteiger partial charge in [-0.1, -0.05) is 30.0 Å². The Morgan fingerprint density at radius 2 is 1.67 bits per heavy atom. The van der Waals surface area contributed by atoms with E-state index < -0.39 is 0 Å². The van der Waals surface area contributed by atoms with Crippen LogP contribution >= 0.6 is 11.8 Å². The van der Waals surface area contributed by atoms with Gasteiger partial charge >= 0.3 is 0 Å². The number of para-hydroxylation sites is 1. The molecule has 0 atom stereocenters. The number of thioether (sulfide) groups is 1. The Morgan fingerprint density at radius 3 is 2.28 bits per heavy atom. The van der Waals surface area contributed by atoms with Crippen molar-refractivity contribution in [1.29, 1.82) is 0 Å². The summed E-state index contributed by atoms with van der Waals surface area (Å²) in [7, 11) is 0. The molecule has 0 amide bonds. The Kier molecular flexibility index (Phi) is 3.87.